The smallest absolute Gasteiger partial charge is 0.325 e. The van der Waals surface area contributed by atoms with Crippen LogP contribution in [0.15, 0.2) is 6.33 Å². The number of ether oxygens (including phenoxy) is 2. The molecule has 1 aromatic heterocycles. The highest BCUT2D eigenvalue weighted by Crippen LogP contribution is 2.28. The molecule has 0 aliphatic rings. The summed E-state index contributed by atoms with van der Waals surface area (Å²) in [6.07, 6.45) is 1.40. The molecule has 0 fully saturated rings. The van der Waals surface area contributed by atoms with Crippen molar-refractivity contribution in [3.05, 3.63) is 6.33 Å². The van der Waals surface area contributed by atoms with Gasteiger partial charge in [-0.1, -0.05) is 0 Å². The lowest BCUT2D eigenvalue weighted by molar-refractivity contribution is -0.140. The molecule has 0 saturated carbocycles. The quantitative estimate of drug-likeness (QED) is 0.699. The maximum absolute atomic E-state index is 11.2. The van der Waals surface area contributed by atoms with Gasteiger partial charge in [-0.15, -0.1) is 0 Å². The van der Waals surface area contributed by atoms with Crippen molar-refractivity contribution in [2.45, 2.75) is 13.8 Å². The van der Waals surface area contributed by atoms with Gasteiger partial charge in [0.05, 0.1) is 13.7 Å². The Kier molecular flexibility index (Phi) is 5.69. The van der Waals surface area contributed by atoms with Crippen molar-refractivity contribution >= 4 is 17.6 Å². The minimum atomic E-state index is -0.344. The number of anilines is 2. The summed E-state index contributed by atoms with van der Waals surface area (Å²) >= 11 is 0. The summed E-state index contributed by atoms with van der Waals surface area (Å²) in [6, 6.07) is 0. The lowest BCUT2D eigenvalue weighted by atomic mass is 10.4. The Labute approximate surface area is 106 Å². The summed E-state index contributed by atoms with van der Waals surface area (Å²) in [4.78, 5) is 19.3. The van der Waals surface area contributed by atoms with Gasteiger partial charge in [0.15, 0.2) is 11.6 Å². The van der Waals surface area contributed by atoms with Gasteiger partial charge in [-0.2, -0.15) is 0 Å². The van der Waals surface area contributed by atoms with Crippen molar-refractivity contribution in [3.8, 4) is 5.75 Å². The zero-order chi connectivity index (χ0) is 13.4. The van der Waals surface area contributed by atoms with E-state index < -0.39 is 0 Å². The number of rotatable bonds is 7. The van der Waals surface area contributed by atoms with Crippen LogP contribution in [-0.4, -0.2) is 42.7 Å². The number of methoxy groups -OCH3 is 1. The second-order valence-corrected chi connectivity index (χ2v) is 3.29. The molecule has 7 heteroatoms. The van der Waals surface area contributed by atoms with Gasteiger partial charge in [-0.25, -0.2) is 9.97 Å². The van der Waals surface area contributed by atoms with Crippen molar-refractivity contribution in [1.82, 2.24) is 9.97 Å². The fourth-order valence-corrected chi connectivity index (χ4v) is 1.35. The first-order valence-electron chi connectivity index (χ1n) is 5.75. The zero-order valence-electron chi connectivity index (χ0n) is 10.8. The molecule has 0 unspecified atom stereocenters. The third kappa shape index (κ3) is 3.76. The van der Waals surface area contributed by atoms with E-state index in [0.29, 0.717) is 30.5 Å². The maximum Gasteiger partial charge on any atom is 0.325 e. The minimum absolute atomic E-state index is 0.0345. The first kappa shape index (κ1) is 14.0. The fraction of sp³-hybridized carbons (Fsp3) is 0.545. The highest BCUT2D eigenvalue weighted by Gasteiger charge is 2.12. The molecule has 0 bridgehead atoms. The van der Waals surface area contributed by atoms with Crippen molar-refractivity contribution in [1.29, 1.82) is 0 Å². The summed E-state index contributed by atoms with van der Waals surface area (Å²) in [5.74, 6) is 1.17. The van der Waals surface area contributed by atoms with Crippen molar-refractivity contribution in [2.24, 2.45) is 0 Å². The first-order chi connectivity index (χ1) is 8.72. The SMILES string of the molecule is CCNc1ncnc(NCC(=O)OCC)c1OC. The van der Waals surface area contributed by atoms with Gasteiger partial charge in [0.1, 0.15) is 12.9 Å². The van der Waals surface area contributed by atoms with E-state index in [9.17, 15) is 4.79 Å². The number of nitrogens with one attached hydrogen (secondary N) is 2. The lowest BCUT2D eigenvalue weighted by Crippen LogP contribution is -2.18. The van der Waals surface area contributed by atoms with Crippen LogP contribution in [0.25, 0.3) is 0 Å². The summed E-state index contributed by atoms with van der Waals surface area (Å²) in [5, 5.41) is 5.90. The van der Waals surface area contributed by atoms with E-state index in [0.717, 1.165) is 0 Å². The molecule has 0 amide bonds. The van der Waals surface area contributed by atoms with Gasteiger partial charge in [-0.05, 0) is 13.8 Å². The summed E-state index contributed by atoms with van der Waals surface area (Å²) in [6.45, 7) is 4.81. The Morgan fingerprint density at radius 1 is 1.28 bits per heavy atom. The van der Waals surface area contributed by atoms with E-state index in [1.54, 1.807) is 6.92 Å². The van der Waals surface area contributed by atoms with Crippen molar-refractivity contribution in [3.63, 3.8) is 0 Å². The number of esters is 1. The number of carbonyl (C=O) groups excluding carboxylic acids is 1. The van der Waals surface area contributed by atoms with Crippen LogP contribution in [0.1, 0.15) is 13.8 Å². The van der Waals surface area contributed by atoms with E-state index in [4.69, 9.17) is 9.47 Å². The number of hydrogen-bond donors (Lipinski definition) is 2. The van der Waals surface area contributed by atoms with Crippen LogP contribution in [0.2, 0.25) is 0 Å². The van der Waals surface area contributed by atoms with E-state index in [-0.39, 0.29) is 12.5 Å². The highest BCUT2D eigenvalue weighted by molar-refractivity contribution is 5.76. The standard InChI is InChI=1S/C11H18N4O3/c1-4-12-10-9(17-3)11(15-7-14-10)13-6-8(16)18-5-2/h7H,4-6H2,1-3H3,(H2,12,13,14,15). The van der Waals surface area contributed by atoms with Crippen LogP contribution in [0.5, 0.6) is 5.75 Å². The summed E-state index contributed by atoms with van der Waals surface area (Å²) < 4.78 is 10.0. The van der Waals surface area contributed by atoms with Crippen LogP contribution >= 0.6 is 0 Å². The number of nitrogens with zero attached hydrogens (tertiary/aromatic N) is 2. The Bertz CT molecular complexity index is 398. The largest absolute Gasteiger partial charge is 0.490 e. The van der Waals surface area contributed by atoms with Crippen molar-refractivity contribution in [2.75, 3.05) is 37.4 Å². The van der Waals surface area contributed by atoms with Gasteiger partial charge in [0.25, 0.3) is 0 Å². The number of aromatic nitrogens is 2. The lowest BCUT2D eigenvalue weighted by Gasteiger charge is -2.13. The molecule has 0 aliphatic carbocycles. The average Bonchev–Trinajstić information content (AvgIpc) is 2.37. The second kappa shape index (κ2) is 7.31. The van der Waals surface area contributed by atoms with Crippen LogP contribution in [0.3, 0.4) is 0 Å². The van der Waals surface area contributed by atoms with Gasteiger partial charge < -0.3 is 20.1 Å². The van der Waals surface area contributed by atoms with E-state index in [1.165, 1.54) is 13.4 Å². The minimum Gasteiger partial charge on any atom is -0.490 e. The third-order valence-electron chi connectivity index (χ3n) is 2.06. The average molecular weight is 254 g/mol. The first-order valence-corrected chi connectivity index (χ1v) is 5.75. The Morgan fingerprint density at radius 3 is 2.50 bits per heavy atom. The summed E-state index contributed by atoms with van der Waals surface area (Å²) in [7, 11) is 1.52. The molecular weight excluding hydrogens is 236 g/mol. The fourth-order valence-electron chi connectivity index (χ4n) is 1.35. The number of carbonyl (C=O) groups is 1. The molecule has 0 saturated heterocycles. The van der Waals surface area contributed by atoms with Crippen molar-refractivity contribution < 1.29 is 14.3 Å². The normalized spacial score (nSPS) is 9.72. The van der Waals surface area contributed by atoms with Crippen LogP contribution in [0, 0.1) is 0 Å². The molecule has 100 valence electrons. The molecule has 0 radical (unpaired) electrons. The third-order valence-corrected chi connectivity index (χ3v) is 2.06. The molecule has 1 rings (SSSR count). The van der Waals surface area contributed by atoms with Crippen LogP contribution in [-0.2, 0) is 9.53 Å². The molecule has 0 spiro atoms. The van der Waals surface area contributed by atoms with Gasteiger partial charge in [0.2, 0.25) is 5.75 Å². The van der Waals surface area contributed by atoms with Gasteiger partial charge in [0, 0.05) is 6.54 Å². The van der Waals surface area contributed by atoms with E-state index >= 15 is 0 Å². The van der Waals surface area contributed by atoms with E-state index in [1.807, 2.05) is 6.92 Å². The Morgan fingerprint density at radius 2 is 1.94 bits per heavy atom. The van der Waals surface area contributed by atoms with Crippen LogP contribution < -0.4 is 15.4 Å². The monoisotopic (exact) mass is 254 g/mol. The Balaban J connectivity index is 2.75. The molecule has 1 aromatic rings. The maximum atomic E-state index is 11.2. The Hall–Kier alpha value is -2.05. The molecule has 0 aliphatic heterocycles. The molecule has 18 heavy (non-hydrogen) atoms. The zero-order valence-corrected chi connectivity index (χ0v) is 10.8. The second-order valence-electron chi connectivity index (χ2n) is 3.29. The van der Waals surface area contributed by atoms with E-state index in [2.05, 4.69) is 20.6 Å². The molecule has 1 heterocycles. The predicted octanol–water partition coefficient (Wildman–Crippen LogP) is 0.892. The summed E-state index contributed by atoms with van der Waals surface area (Å²) in [5.41, 5.74) is 0. The topological polar surface area (TPSA) is 85.4 Å². The molecular formula is C11H18N4O3. The molecule has 0 aromatic carbocycles. The molecule has 7 nitrogen and oxygen atoms in total. The number of hydrogen-bond acceptors (Lipinski definition) is 7. The van der Waals surface area contributed by atoms with Gasteiger partial charge in [-0.3, -0.25) is 4.79 Å². The van der Waals surface area contributed by atoms with Gasteiger partial charge >= 0.3 is 5.97 Å². The predicted molar refractivity (Wildman–Crippen MR) is 67.9 cm³/mol. The highest BCUT2D eigenvalue weighted by atomic mass is 16.5. The van der Waals surface area contributed by atoms with Crippen LogP contribution in [0.4, 0.5) is 11.6 Å². The molecule has 0 atom stereocenters. The molecule has 2 N–H and O–H groups in total.